The van der Waals surface area contributed by atoms with Gasteiger partial charge < -0.3 is 5.32 Å². The van der Waals surface area contributed by atoms with Crippen molar-refractivity contribution in [1.82, 2.24) is 5.32 Å². The van der Waals surface area contributed by atoms with Gasteiger partial charge in [0.2, 0.25) is 0 Å². The van der Waals surface area contributed by atoms with E-state index in [4.69, 9.17) is 0 Å². The lowest BCUT2D eigenvalue weighted by Crippen LogP contribution is -2.24. The van der Waals surface area contributed by atoms with Gasteiger partial charge in [-0.15, -0.1) is 0 Å². The zero-order valence-electron chi connectivity index (χ0n) is 10.2. The second kappa shape index (κ2) is 5.58. The topological polar surface area (TPSA) is 12.0 Å². The molecule has 0 aromatic heterocycles. The van der Waals surface area contributed by atoms with E-state index in [-0.39, 0.29) is 6.04 Å². The molecule has 1 aliphatic rings. The molecule has 1 aromatic carbocycles. The Morgan fingerprint density at radius 2 is 1.76 bits per heavy atom. The van der Waals surface area contributed by atoms with Gasteiger partial charge in [-0.3, -0.25) is 0 Å². The Morgan fingerprint density at radius 3 is 2.35 bits per heavy atom. The van der Waals surface area contributed by atoms with Gasteiger partial charge in [0.15, 0.2) is 0 Å². The maximum absolute atomic E-state index is 13.1. The van der Waals surface area contributed by atoms with E-state index in [0.717, 1.165) is 18.5 Å². The summed E-state index contributed by atoms with van der Waals surface area (Å²) < 4.78 is 26.1. The Hall–Kier alpha value is -0.960. The van der Waals surface area contributed by atoms with Gasteiger partial charge in [-0.05, 0) is 49.9 Å². The van der Waals surface area contributed by atoms with E-state index in [1.165, 1.54) is 37.8 Å². The second-order valence-corrected chi connectivity index (χ2v) is 4.98. The minimum atomic E-state index is -0.505. The first-order chi connectivity index (χ1) is 8.15. The summed E-state index contributed by atoms with van der Waals surface area (Å²) >= 11 is 0. The summed E-state index contributed by atoms with van der Waals surface area (Å²) in [6, 6.07) is 3.71. The fourth-order valence-corrected chi connectivity index (χ4v) is 2.50. The van der Waals surface area contributed by atoms with Crippen LogP contribution in [-0.4, -0.2) is 6.54 Å². The average molecular weight is 239 g/mol. The largest absolute Gasteiger partial charge is 0.310 e. The molecule has 2 rings (SSSR count). The summed E-state index contributed by atoms with van der Waals surface area (Å²) in [5.74, 6) is -0.278. The molecule has 0 spiro atoms. The Balaban J connectivity index is 1.91. The Kier molecular flexibility index (Phi) is 4.11. The van der Waals surface area contributed by atoms with Crippen LogP contribution < -0.4 is 5.32 Å². The van der Waals surface area contributed by atoms with Crippen LogP contribution in [0.4, 0.5) is 8.78 Å². The van der Waals surface area contributed by atoms with Crippen molar-refractivity contribution in [3.8, 4) is 0 Å². The SMILES string of the molecule is CC(NCC1CCCC1)c1cc(F)cc(F)c1. The van der Waals surface area contributed by atoms with Gasteiger partial charge >= 0.3 is 0 Å². The van der Waals surface area contributed by atoms with Crippen molar-refractivity contribution < 1.29 is 8.78 Å². The quantitative estimate of drug-likeness (QED) is 0.842. The highest BCUT2D eigenvalue weighted by Gasteiger charge is 2.16. The molecule has 1 fully saturated rings. The highest BCUT2D eigenvalue weighted by molar-refractivity contribution is 5.20. The van der Waals surface area contributed by atoms with Gasteiger partial charge in [0.25, 0.3) is 0 Å². The van der Waals surface area contributed by atoms with Crippen molar-refractivity contribution in [3.05, 3.63) is 35.4 Å². The molecular formula is C14H19F2N. The highest BCUT2D eigenvalue weighted by Crippen LogP contribution is 2.25. The molecule has 3 heteroatoms. The van der Waals surface area contributed by atoms with Crippen LogP contribution in [0.1, 0.15) is 44.2 Å². The van der Waals surface area contributed by atoms with Crippen molar-refractivity contribution >= 4 is 0 Å². The van der Waals surface area contributed by atoms with Gasteiger partial charge in [-0.1, -0.05) is 12.8 Å². The van der Waals surface area contributed by atoms with E-state index < -0.39 is 11.6 Å². The van der Waals surface area contributed by atoms with Gasteiger partial charge in [0, 0.05) is 12.1 Å². The summed E-state index contributed by atoms with van der Waals surface area (Å²) in [7, 11) is 0. The molecule has 0 radical (unpaired) electrons. The first kappa shape index (κ1) is 12.5. The average Bonchev–Trinajstić information content (AvgIpc) is 2.77. The maximum Gasteiger partial charge on any atom is 0.126 e. The fourth-order valence-electron chi connectivity index (χ4n) is 2.50. The summed E-state index contributed by atoms with van der Waals surface area (Å²) in [4.78, 5) is 0. The Labute approximate surface area is 101 Å². The maximum atomic E-state index is 13.1. The highest BCUT2D eigenvalue weighted by atomic mass is 19.1. The van der Waals surface area contributed by atoms with Crippen LogP contribution >= 0.6 is 0 Å². The standard InChI is InChI=1S/C14H19F2N/c1-10(17-9-11-4-2-3-5-11)12-6-13(15)8-14(16)7-12/h6-8,10-11,17H,2-5,9H2,1H3. The zero-order valence-corrected chi connectivity index (χ0v) is 10.2. The molecule has 1 nitrogen and oxygen atoms in total. The van der Waals surface area contributed by atoms with Crippen molar-refractivity contribution in [2.75, 3.05) is 6.54 Å². The van der Waals surface area contributed by atoms with E-state index in [0.29, 0.717) is 5.56 Å². The molecule has 0 amide bonds. The zero-order chi connectivity index (χ0) is 12.3. The van der Waals surface area contributed by atoms with Gasteiger partial charge in [-0.25, -0.2) is 8.78 Å². The molecular weight excluding hydrogens is 220 g/mol. The summed E-state index contributed by atoms with van der Waals surface area (Å²) in [6.45, 7) is 2.89. The van der Waals surface area contributed by atoms with Crippen LogP contribution in [-0.2, 0) is 0 Å². The molecule has 0 saturated heterocycles. The summed E-state index contributed by atoms with van der Waals surface area (Å²) in [5.41, 5.74) is 0.681. The van der Waals surface area contributed by atoms with Gasteiger partial charge in [-0.2, -0.15) is 0 Å². The minimum absolute atomic E-state index is 0.000741. The number of halogens is 2. The Morgan fingerprint density at radius 1 is 1.18 bits per heavy atom. The third-order valence-corrected chi connectivity index (χ3v) is 3.57. The lowest BCUT2D eigenvalue weighted by molar-refractivity contribution is 0.450. The lowest BCUT2D eigenvalue weighted by Gasteiger charge is -2.17. The lowest BCUT2D eigenvalue weighted by atomic mass is 10.1. The van der Waals surface area contributed by atoms with Crippen LogP contribution in [0.15, 0.2) is 18.2 Å². The summed E-state index contributed by atoms with van der Waals surface area (Å²) in [5, 5.41) is 3.36. The van der Waals surface area contributed by atoms with Gasteiger partial charge in [0.05, 0.1) is 0 Å². The van der Waals surface area contributed by atoms with Crippen LogP contribution in [0, 0.1) is 17.6 Å². The predicted molar refractivity (Wildman–Crippen MR) is 64.7 cm³/mol. The van der Waals surface area contributed by atoms with Crippen molar-refractivity contribution in [2.24, 2.45) is 5.92 Å². The molecule has 0 heterocycles. The molecule has 1 N–H and O–H groups in total. The van der Waals surface area contributed by atoms with Crippen LogP contribution in [0.3, 0.4) is 0 Å². The van der Waals surface area contributed by atoms with Gasteiger partial charge in [0.1, 0.15) is 11.6 Å². The molecule has 0 aliphatic heterocycles. The van der Waals surface area contributed by atoms with E-state index in [9.17, 15) is 8.78 Å². The normalized spacial score (nSPS) is 18.5. The monoisotopic (exact) mass is 239 g/mol. The molecule has 0 bridgehead atoms. The molecule has 1 unspecified atom stereocenters. The Bertz CT molecular complexity index is 352. The minimum Gasteiger partial charge on any atom is -0.310 e. The first-order valence-electron chi connectivity index (χ1n) is 6.34. The third kappa shape index (κ3) is 3.50. The molecule has 1 atom stereocenters. The van der Waals surface area contributed by atoms with E-state index in [1.54, 1.807) is 0 Å². The molecule has 1 aromatic rings. The number of nitrogens with one attached hydrogen (secondary N) is 1. The smallest absolute Gasteiger partial charge is 0.126 e. The van der Waals surface area contributed by atoms with Crippen LogP contribution in [0.2, 0.25) is 0 Å². The van der Waals surface area contributed by atoms with Crippen molar-refractivity contribution in [1.29, 1.82) is 0 Å². The van der Waals surface area contributed by atoms with Crippen molar-refractivity contribution in [3.63, 3.8) is 0 Å². The van der Waals surface area contributed by atoms with Crippen molar-refractivity contribution in [2.45, 2.75) is 38.6 Å². The second-order valence-electron chi connectivity index (χ2n) is 4.98. The molecule has 1 aliphatic carbocycles. The number of benzene rings is 1. The van der Waals surface area contributed by atoms with E-state index in [2.05, 4.69) is 5.32 Å². The third-order valence-electron chi connectivity index (χ3n) is 3.57. The number of hydrogen-bond donors (Lipinski definition) is 1. The van der Waals surface area contributed by atoms with Crippen LogP contribution in [0.5, 0.6) is 0 Å². The molecule has 94 valence electrons. The van der Waals surface area contributed by atoms with Crippen LogP contribution in [0.25, 0.3) is 0 Å². The fraction of sp³-hybridized carbons (Fsp3) is 0.571. The molecule has 1 saturated carbocycles. The molecule has 17 heavy (non-hydrogen) atoms. The number of rotatable bonds is 4. The predicted octanol–water partition coefficient (Wildman–Crippen LogP) is 3.81. The summed E-state index contributed by atoms with van der Waals surface area (Å²) in [6.07, 6.45) is 5.18. The number of hydrogen-bond acceptors (Lipinski definition) is 1. The van der Waals surface area contributed by atoms with E-state index in [1.807, 2.05) is 6.92 Å². The van der Waals surface area contributed by atoms with E-state index >= 15 is 0 Å². The first-order valence-corrected chi connectivity index (χ1v) is 6.34.